The van der Waals surface area contributed by atoms with E-state index >= 15 is 0 Å². The van der Waals surface area contributed by atoms with E-state index in [-0.39, 0.29) is 0 Å². The van der Waals surface area contributed by atoms with Gasteiger partial charge in [0.15, 0.2) is 5.78 Å². The molecule has 0 saturated heterocycles. The number of aryl methyl sites for hydroxylation is 1. The Morgan fingerprint density at radius 2 is 1.67 bits per heavy atom. The highest BCUT2D eigenvalue weighted by atomic mass is 16.1. The van der Waals surface area contributed by atoms with Crippen molar-refractivity contribution in [3.05, 3.63) is 23.0 Å². The van der Waals surface area contributed by atoms with Crippen LogP contribution in [0.1, 0.15) is 73.1 Å². The Balaban J connectivity index is 1.66. The minimum Gasteiger partial charge on any atom is -0.342 e. The molecule has 0 atom stereocenters. The zero-order chi connectivity index (χ0) is 14.2. The van der Waals surface area contributed by atoms with E-state index in [2.05, 4.69) is 17.6 Å². The molecule has 2 nitrogen and oxygen atoms in total. The summed E-state index contributed by atoms with van der Waals surface area (Å²) in [5, 5.41) is 0. The molecule has 4 bridgehead atoms. The molecule has 0 N–H and O–H groups in total. The maximum absolute atomic E-state index is 12.3. The molecule has 4 fully saturated rings. The predicted molar refractivity (Wildman–Crippen MR) is 82.6 cm³/mol. The maximum atomic E-state index is 12.3. The van der Waals surface area contributed by atoms with E-state index in [4.69, 9.17) is 0 Å². The normalized spacial score (nSPS) is 40.6. The molecule has 0 radical (unpaired) electrons. The van der Waals surface area contributed by atoms with Gasteiger partial charge in [0.2, 0.25) is 0 Å². The first-order valence-corrected chi connectivity index (χ1v) is 8.89. The molecule has 1 aromatic rings. The van der Waals surface area contributed by atoms with Gasteiger partial charge in [-0.25, -0.2) is 0 Å². The van der Waals surface area contributed by atoms with Crippen molar-refractivity contribution in [2.75, 3.05) is 0 Å². The van der Waals surface area contributed by atoms with E-state index in [9.17, 15) is 4.79 Å². The molecule has 1 aromatic heterocycles. The Morgan fingerprint density at radius 1 is 1.05 bits per heavy atom. The number of carbonyl (C=O) groups excluding carboxylic acids is 1. The minimum atomic E-state index is 0.379. The van der Waals surface area contributed by atoms with Crippen molar-refractivity contribution in [2.45, 2.75) is 70.3 Å². The van der Waals surface area contributed by atoms with Gasteiger partial charge in [-0.3, -0.25) is 4.79 Å². The zero-order valence-electron chi connectivity index (χ0n) is 13.0. The summed E-state index contributed by atoms with van der Waals surface area (Å²) in [6.45, 7) is 2.24. The van der Waals surface area contributed by atoms with Gasteiger partial charge in [0, 0.05) is 28.9 Å². The van der Waals surface area contributed by atoms with Crippen LogP contribution in [0.25, 0.3) is 0 Å². The lowest BCUT2D eigenvalue weighted by atomic mass is 9.52. The van der Waals surface area contributed by atoms with Crippen LogP contribution in [0.2, 0.25) is 0 Å². The van der Waals surface area contributed by atoms with Crippen molar-refractivity contribution in [1.82, 2.24) is 4.57 Å². The largest absolute Gasteiger partial charge is 0.342 e. The van der Waals surface area contributed by atoms with E-state index in [1.165, 1.54) is 49.9 Å². The number of hydrogen-bond acceptors (Lipinski definition) is 1. The molecule has 1 heterocycles. The van der Waals surface area contributed by atoms with Gasteiger partial charge in [-0.1, -0.05) is 0 Å². The van der Waals surface area contributed by atoms with Gasteiger partial charge in [0.1, 0.15) is 0 Å². The third-order valence-electron chi connectivity index (χ3n) is 6.88. The Morgan fingerprint density at radius 3 is 2.29 bits per heavy atom. The van der Waals surface area contributed by atoms with Gasteiger partial charge in [-0.2, -0.15) is 0 Å². The zero-order valence-corrected chi connectivity index (χ0v) is 13.0. The molecule has 0 spiro atoms. The summed E-state index contributed by atoms with van der Waals surface area (Å²) >= 11 is 0. The summed E-state index contributed by atoms with van der Waals surface area (Å²) in [5.74, 6) is 3.29. The maximum Gasteiger partial charge on any atom is 0.164 e. The minimum absolute atomic E-state index is 0.379. The number of aromatic nitrogens is 1. The molecular formula is C19H25NO. The van der Waals surface area contributed by atoms with Gasteiger partial charge >= 0.3 is 0 Å². The number of hydrogen-bond donors (Lipinski definition) is 0. The van der Waals surface area contributed by atoms with E-state index in [1.54, 1.807) is 0 Å². The Labute approximate surface area is 126 Å². The molecule has 2 heteroatoms. The van der Waals surface area contributed by atoms with Crippen LogP contribution < -0.4 is 0 Å². The monoisotopic (exact) mass is 283 g/mol. The molecule has 6 rings (SSSR count). The van der Waals surface area contributed by atoms with Gasteiger partial charge in [0.05, 0.1) is 0 Å². The van der Waals surface area contributed by atoms with Crippen LogP contribution in [0.5, 0.6) is 0 Å². The highest BCUT2D eigenvalue weighted by Crippen LogP contribution is 2.59. The standard InChI is InChI=1S/C19H25NO/c1-12-5-16-17(3-2-4-18(16)21)20(12)19-9-13-6-14(10-19)8-15(7-13)11-19/h5,13-15H,2-4,6-11H2,1H3. The molecule has 0 unspecified atom stereocenters. The van der Waals surface area contributed by atoms with Crippen LogP contribution in [-0.2, 0) is 12.0 Å². The molecule has 0 amide bonds. The van der Waals surface area contributed by atoms with Gasteiger partial charge in [-0.05, 0) is 82.1 Å². The molecule has 5 aliphatic carbocycles. The lowest BCUT2D eigenvalue weighted by Gasteiger charge is -2.58. The summed E-state index contributed by atoms with van der Waals surface area (Å²) < 4.78 is 2.67. The Bertz CT molecular complexity index is 588. The number of rotatable bonds is 1. The number of Topliss-reactive ketones (excluding diaryl/α,β-unsaturated/α-hetero) is 1. The van der Waals surface area contributed by atoms with Crippen LogP contribution in [0.4, 0.5) is 0 Å². The van der Waals surface area contributed by atoms with Crippen LogP contribution in [0, 0.1) is 24.7 Å². The van der Waals surface area contributed by atoms with E-state index in [1.807, 2.05) is 0 Å². The lowest BCUT2D eigenvalue weighted by molar-refractivity contribution is -0.0451. The van der Waals surface area contributed by atoms with Gasteiger partial charge in [-0.15, -0.1) is 0 Å². The third-order valence-corrected chi connectivity index (χ3v) is 6.88. The van der Waals surface area contributed by atoms with Crippen LogP contribution in [0.15, 0.2) is 6.07 Å². The fourth-order valence-corrected chi connectivity index (χ4v) is 6.73. The van der Waals surface area contributed by atoms with Crippen molar-refractivity contribution in [3.63, 3.8) is 0 Å². The van der Waals surface area contributed by atoms with Crippen molar-refractivity contribution in [1.29, 1.82) is 0 Å². The first-order chi connectivity index (χ1) is 10.1. The highest BCUT2D eigenvalue weighted by molar-refractivity contribution is 5.98. The SMILES string of the molecule is Cc1cc2c(n1C13CC4CC(CC(C4)C1)C3)CCCC2=O. The first-order valence-electron chi connectivity index (χ1n) is 8.89. The average molecular weight is 283 g/mol. The topological polar surface area (TPSA) is 22.0 Å². The quantitative estimate of drug-likeness (QED) is 0.755. The fourth-order valence-electron chi connectivity index (χ4n) is 6.73. The molecule has 0 aliphatic heterocycles. The molecule has 5 aliphatic rings. The van der Waals surface area contributed by atoms with E-state index in [0.29, 0.717) is 11.3 Å². The van der Waals surface area contributed by atoms with Crippen molar-refractivity contribution in [2.24, 2.45) is 17.8 Å². The van der Waals surface area contributed by atoms with Crippen molar-refractivity contribution < 1.29 is 4.79 Å². The smallest absolute Gasteiger partial charge is 0.164 e. The summed E-state index contributed by atoms with van der Waals surface area (Å²) in [4.78, 5) is 12.3. The Hall–Kier alpha value is -1.05. The van der Waals surface area contributed by atoms with E-state index in [0.717, 1.165) is 42.6 Å². The number of carbonyl (C=O) groups is 1. The molecule has 0 aromatic carbocycles. The van der Waals surface area contributed by atoms with Gasteiger partial charge in [0.25, 0.3) is 0 Å². The fraction of sp³-hybridized carbons (Fsp3) is 0.737. The summed E-state index contributed by atoms with van der Waals surface area (Å²) in [6, 6.07) is 2.20. The number of nitrogens with zero attached hydrogens (tertiary/aromatic N) is 1. The third kappa shape index (κ3) is 1.62. The summed E-state index contributed by atoms with van der Waals surface area (Å²) in [6.07, 6.45) is 11.6. The van der Waals surface area contributed by atoms with Crippen LogP contribution in [-0.4, -0.2) is 10.4 Å². The molecule has 21 heavy (non-hydrogen) atoms. The van der Waals surface area contributed by atoms with Crippen LogP contribution >= 0.6 is 0 Å². The second kappa shape index (κ2) is 4.02. The number of ketones is 1. The molecular weight excluding hydrogens is 258 g/mol. The second-order valence-electron chi connectivity index (χ2n) is 8.40. The first kappa shape index (κ1) is 12.5. The lowest BCUT2D eigenvalue weighted by Crippen LogP contribution is -2.52. The Kier molecular flexibility index (Phi) is 2.39. The number of fused-ring (bicyclic) bond motifs is 1. The highest BCUT2D eigenvalue weighted by Gasteiger charge is 2.52. The predicted octanol–water partition coefficient (Wildman–Crippen LogP) is 4.24. The second-order valence-corrected chi connectivity index (χ2v) is 8.40. The van der Waals surface area contributed by atoms with Crippen molar-refractivity contribution in [3.8, 4) is 0 Å². The van der Waals surface area contributed by atoms with E-state index < -0.39 is 0 Å². The van der Waals surface area contributed by atoms with Gasteiger partial charge < -0.3 is 4.57 Å². The molecule has 4 saturated carbocycles. The summed E-state index contributed by atoms with van der Waals surface area (Å²) in [5.41, 5.74) is 4.20. The van der Waals surface area contributed by atoms with Crippen molar-refractivity contribution >= 4 is 5.78 Å². The molecule has 112 valence electrons. The van der Waals surface area contributed by atoms with Crippen LogP contribution in [0.3, 0.4) is 0 Å². The average Bonchev–Trinajstić information content (AvgIpc) is 2.75. The summed E-state index contributed by atoms with van der Waals surface area (Å²) in [7, 11) is 0.